The van der Waals surface area contributed by atoms with Crippen LogP contribution in [-0.4, -0.2) is 28.1 Å². The van der Waals surface area contributed by atoms with E-state index in [1.165, 1.54) is 17.5 Å². The van der Waals surface area contributed by atoms with E-state index in [-0.39, 0.29) is 10.9 Å². The van der Waals surface area contributed by atoms with Crippen LogP contribution in [0.15, 0.2) is 12.3 Å². The lowest BCUT2D eigenvalue weighted by atomic mass is 10.2. The first-order valence-electron chi connectivity index (χ1n) is 5.61. The molecule has 19 heavy (non-hydrogen) atoms. The molecule has 0 radical (unpaired) electrons. The topological polar surface area (TPSA) is 79.8 Å². The molecule has 0 bridgehead atoms. The number of halogens is 1. The number of nitrogens with one attached hydrogen (secondary N) is 2. The van der Waals surface area contributed by atoms with Crippen LogP contribution in [0.25, 0.3) is 0 Å². The number of anilines is 2. The Bertz CT molecular complexity index is 601. The fourth-order valence-corrected chi connectivity index (χ4v) is 2.22. The molecule has 2 rings (SSSR count). The smallest absolute Gasteiger partial charge is 0.259 e. The number of amides is 1. The summed E-state index contributed by atoms with van der Waals surface area (Å²) < 4.78 is 0. The molecule has 1 amide bonds. The van der Waals surface area contributed by atoms with Gasteiger partial charge in [-0.25, -0.2) is 4.98 Å². The van der Waals surface area contributed by atoms with E-state index in [0.717, 1.165) is 11.4 Å². The second-order valence-corrected chi connectivity index (χ2v) is 5.08. The van der Waals surface area contributed by atoms with Gasteiger partial charge >= 0.3 is 0 Å². The molecule has 2 N–H and O–H groups in total. The second-order valence-electron chi connectivity index (χ2n) is 3.61. The number of nitrogens with zero attached hydrogens (tertiary/aromatic N) is 3. The molecule has 8 heteroatoms. The third-order valence-electron chi connectivity index (χ3n) is 2.35. The van der Waals surface area contributed by atoms with Crippen molar-refractivity contribution in [2.45, 2.75) is 13.3 Å². The van der Waals surface area contributed by atoms with E-state index in [1.54, 1.807) is 13.1 Å². The quantitative estimate of drug-likeness (QED) is 0.906. The zero-order chi connectivity index (χ0) is 13.8. The van der Waals surface area contributed by atoms with Gasteiger partial charge in [-0.15, -0.1) is 10.2 Å². The minimum Gasteiger partial charge on any atom is -0.373 e. The van der Waals surface area contributed by atoms with Gasteiger partial charge in [0.05, 0.1) is 10.6 Å². The van der Waals surface area contributed by atoms with E-state index in [2.05, 4.69) is 25.8 Å². The van der Waals surface area contributed by atoms with Crippen LogP contribution in [0.2, 0.25) is 5.02 Å². The predicted octanol–water partition coefficient (Wildman–Crippen LogP) is 2.44. The molecule has 0 spiro atoms. The number of carbonyl (C=O) groups is 1. The number of aromatic nitrogens is 3. The third kappa shape index (κ3) is 3.18. The largest absolute Gasteiger partial charge is 0.373 e. The van der Waals surface area contributed by atoms with Crippen molar-refractivity contribution in [3.8, 4) is 0 Å². The first kappa shape index (κ1) is 13.7. The van der Waals surface area contributed by atoms with Gasteiger partial charge < -0.3 is 5.32 Å². The van der Waals surface area contributed by atoms with E-state index in [0.29, 0.717) is 16.5 Å². The number of rotatable bonds is 4. The lowest BCUT2D eigenvalue weighted by molar-refractivity contribution is 0.102. The van der Waals surface area contributed by atoms with Crippen LogP contribution >= 0.6 is 22.9 Å². The van der Waals surface area contributed by atoms with Gasteiger partial charge in [0.2, 0.25) is 5.13 Å². The zero-order valence-electron chi connectivity index (χ0n) is 10.4. The Balaban J connectivity index is 2.19. The van der Waals surface area contributed by atoms with Gasteiger partial charge in [-0.1, -0.05) is 29.9 Å². The summed E-state index contributed by atoms with van der Waals surface area (Å²) in [4.78, 5) is 16.1. The molecule has 0 aliphatic heterocycles. The Hall–Kier alpha value is -1.73. The summed E-state index contributed by atoms with van der Waals surface area (Å²) in [5, 5.41) is 15.0. The summed E-state index contributed by atoms with van der Waals surface area (Å²) in [5.74, 6) is 0.240. The van der Waals surface area contributed by atoms with Crippen LogP contribution in [0.5, 0.6) is 0 Å². The molecule has 0 saturated carbocycles. The third-order valence-corrected chi connectivity index (χ3v) is 3.63. The molecule has 0 saturated heterocycles. The summed E-state index contributed by atoms with van der Waals surface area (Å²) in [6, 6.07) is 1.58. The van der Waals surface area contributed by atoms with E-state index < -0.39 is 0 Å². The summed E-state index contributed by atoms with van der Waals surface area (Å²) in [7, 11) is 1.72. The molecule has 0 atom stereocenters. The molecular formula is C11H12ClN5OS. The molecule has 2 aromatic rings. The van der Waals surface area contributed by atoms with Crippen LogP contribution in [0, 0.1) is 0 Å². The average molecular weight is 298 g/mol. The van der Waals surface area contributed by atoms with Crippen LogP contribution in [-0.2, 0) is 6.42 Å². The van der Waals surface area contributed by atoms with E-state index in [1.807, 2.05) is 6.92 Å². The van der Waals surface area contributed by atoms with Gasteiger partial charge in [0.1, 0.15) is 10.8 Å². The van der Waals surface area contributed by atoms with E-state index in [4.69, 9.17) is 11.6 Å². The zero-order valence-corrected chi connectivity index (χ0v) is 12.0. The van der Waals surface area contributed by atoms with Crippen molar-refractivity contribution in [2.75, 3.05) is 17.7 Å². The van der Waals surface area contributed by atoms with Gasteiger partial charge in [-0.2, -0.15) is 0 Å². The number of aryl methyl sites for hydroxylation is 1. The molecule has 2 heterocycles. The van der Waals surface area contributed by atoms with Crippen molar-refractivity contribution in [1.82, 2.24) is 15.2 Å². The first-order chi connectivity index (χ1) is 9.13. The SMILES string of the molecule is CCc1nnc(NC(=O)c2cc(NC)ncc2Cl)s1. The average Bonchev–Trinajstić information content (AvgIpc) is 2.87. The molecule has 0 aliphatic rings. The van der Waals surface area contributed by atoms with Gasteiger partial charge in [-0.3, -0.25) is 10.1 Å². The molecule has 0 aromatic carbocycles. The first-order valence-corrected chi connectivity index (χ1v) is 6.80. The predicted molar refractivity (Wildman–Crippen MR) is 76.0 cm³/mol. The maximum Gasteiger partial charge on any atom is 0.259 e. The van der Waals surface area contributed by atoms with Gasteiger partial charge in [0, 0.05) is 13.2 Å². The van der Waals surface area contributed by atoms with Gasteiger partial charge in [0.15, 0.2) is 0 Å². The lowest BCUT2D eigenvalue weighted by Crippen LogP contribution is -2.13. The van der Waals surface area contributed by atoms with Crippen molar-refractivity contribution < 1.29 is 4.79 Å². The molecule has 0 fully saturated rings. The molecule has 0 unspecified atom stereocenters. The standard InChI is InChI=1S/C11H12ClN5OS/c1-3-9-16-17-11(19-9)15-10(18)6-4-8(13-2)14-5-7(6)12/h4-5H,3H2,1-2H3,(H,13,14)(H,15,17,18). The van der Waals surface area contributed by atoms with Crippen molar-refractivity contribution in [1.29, 1.82) is 0 Å². The lowest BCUT2D eigenvalue weighted by Gasteiger charge is -2.05. The monoisotopic (exact) mass is 297 g/mol. The van der Waals surface area contributed by atoms with Crippen LogP contribution in [0.4, 0.5) is 10.9 Å². The number of pyridine rings is 1. The maximum absolute atomic E-state index is 12.1. The van der Waals surface area contributed by atoms with Crippen molar-refractivity contribution in [2.24, 2.45) is 0 Å². The summed E-state index contributed by atoms with van der Waals surface area (Å²) >= 11 is 7.31. The number of carbonyl (C=O) groups excluding carboxylic acids is 1. The minimum absolute atomic E-state index is 0.289. The fraction of sp³-hybridized carbons (Fsp3) is 0.273. The van der Waals surface area contributed by atoms with Crippen LogP contribution in [0.3, 0.4) is 0 Å². The fourth-order valence-electron chi connectivity index (χ4n) is 1.36. The minimum atomic E-state index is -0.331. The Labute approximate surface area is 119 Å². The van der Waals surface area contributed by atoms with Crippen LogP contribution < -0.4 is 10.6 Å². The van der Waals surface area contributed by atoms with Crippen molar-refractivity contribution in [3.05, 3.63) is 27.9 Å². The maximum atomic E-state index is 12.1. The summed E-state index contributed by atoms with van der Waals surface area (Å²) in [6.45, 7) is 1.98. The highest BCUT2D eigenvalue weighted by atomic mass is 35.5. The Kier molecular flexibility index (Phi) is 4.28. The van der Waals surface area contributed by atoms with Crippen molar-refractivity contribution in [3.63, 3.8) is 0 Å². The number of hydrogen-bond acceptors (Lipinski definition) is 6. The highest BCUT2D eigenvalue weighted by Gasteiger charge is 2.14. The highest BCUT2D eigenvalue weighted by Crippen LogP contribution is 2.21. The molecule has 2 aromatic heterocycles. The van der Waals surface area contributed by atoms with Gasteiger partial charge in [-0.05, 0) is 12.5 Å². The van der Waals surface area contributed by atoms with E-state index in [9.17, 15) is 4.79 Å². The van der Waals surface area contributed by atoms with Crippen molar-refractivity contribution >= 4 is 39.8 Å². The Morgan fingerprint density at radius 2 is 2.26 bits per heavy atom. The molecular weight excluding hydrogens is 286 g/mol. The second kappa shape index (κ2) is 5.94. The Morgan fingerprint density at radius 3 is 2.89 bits per heavy atom. The highest BCUT2D eigenvalue weighted by molar-refractivity contribution is 7.15. The normalized spacial score (nSPS) is 10.3. The molecule has 100 valence electrons. The van der Waals surface area contributed by atoms with E-state index >= 15 is 0 Å². The van der Waals surface area contributed by atoms with Gasteiger partial charge in [0.25, 0.3) is 5.91 Å². The Morgan fingerprint density at radius 1 is 1.47 bits per heavy atom. The number of hydrogen-bond donors (Lipinski definition) is 2. The van der Waals surface area contributed by atoms with Crippen LogP contribution in [0.1, 0.15) is 22.3 Å². The summed E-state index contributed by atoms with van der Waals surface area (Å²) in [6.07, 6.45) is 2.22. The summed E-state index contributed by atoms with van der Waals surface area (Å²) in [5.41, 5.74) is 0.342. The molecule has 6 nitrogen and oxygen atoms in total. The molecule has 0 aliphatic carbocycles.